The van der Waals surface area contributed by atoms with Crippen LogP contribution in [0.5, 0.6) is 0 Å². The Morgan fingerprint density at radius 2 is 0.761 bits per heavy atom. The maximum Gasteiger partial charge on any atom is 0.322 e. The lowest BCUT2D eigenvalue weighted by molar-refractivity contribution is -0.141. The Morgan fingerprint density at radius 1 is 0.420 bits per heavy atom. The second kappa shape index (κ2) is 41.5. The van der Waals surface area contributed by atoms with Crippen LogP contribution in [0.1, 0.15) is 38.2 Å². The van der Waals surface area contributed by atoms with Crippen LogP contribution in [-0.4, -0.2) is 233 Å². The molecule has 0 unspecified atom stereocenters. The van der Waals surface area contributed by atoms with Gasteiger partial charge >= 0.3 is 17.9 Å². The molecule has 0 aliphatic rings. The number of rotatable bonds is 41. The van der Waals surface area contributed by atoms with Gasteiger partial charge < -0.3 is 102 Å². The van der Waals surface area contributed by atoms with Crippen LogP contribution >= 0.6 is 50.5 Å². The molecule has 22 N–H and O–H groups in total. The minimum Gasteiger partial charge on any atom is -0.481 e. The molecule has 36 nitrogen and oxygen atoms in total. The van der Waals surface area contributed by atoms with E-state index in [0.717, 1.165) is 0 Å². The van der Waals surface area contributed by atoms with E-state index >= 15 is 0 Å². The highest BCUT2D eigenvalue weighted by atomic mass is 32.1. The van der Waals surface area contributed by atoms with Gasteiger partial charge in [0.1, 0.15) is 54.9 Å². The normalized spacial score (nSPS) is 13.7. The van der Waals surface area contributed by atoms with Gasteiger partial charge in [-0.05, 0) is 25.3 Å². The molecular weight excluding hydrogens is 1250 g/mol. The third kappa shape index (κ3) is 31.7. The predicted molar refractivity (Wildman–Crippen MR) is 322 cm³/mol. The summed E-state index contributed by atoms with van der Waals surface area (Å²) in [6.07, 6.45) is -2.56. The molecule has 40 heteroatoms. The van der Waals surface area contributed by atoms with Gasteiger partial charge in [0.25, 0.3) is 0 Å². The fourth-order valence-electron chi connectivity index (χ4n) is 6.86. The summed E-state index contributed by atoms with van der Waals surface area (Å²) in [5.41, 5.74) is 16.8. The van der Waals surface area contributed by atoms with Crippen molar-refractivity contribution in [2.45, 2.75) is 93.4 Å². The Balaban J connectivity index is 3.19. The molecule has 1 aromatic carbocycles. The minimum absolute atomic E-state index is 0.00585. The number of guanidine groups is 1. The van der Waals surface area contributed by atoms with Crippen molar-refractivity contribution in [2.75, 3.05) is 62.3 Å². The number of nitrogens with zero attached hydrogens (tertiary/aromatic N) is 1. The van der Waals surface area contributed by atoms with Gasteiger partial charge in [0.15, 0.2) is 5.96 Å². The third-order valence-electron chi connectivity index (χ3n) is 11.4. The van der Waals surface area contributed by atoms with Crippen molar-refractivity contribution in [2.24, 2.45) is 22.2 Å². The topological polar surface area (TPSA) is 581 Å². The van der Waals surface area contributed by atoms with Gasteiger partial charge in [-0.2, -0.15) is 50.5 Å². The van der Waals surface area contributed by atoms with Crippen LogP contribution in [0.25, 0.3) is 0 Å². The molecule has 0 aliphatic carbocycles. The highest BCUT2D eigenvalue weighted by Crippen LogP contribution is 2.08. The van der Waals surface area contributed by atoms with E-state index in [-0.39, 0.29) is 43.3 Å². The lowest BCUT2D eigenvalue weighted by Crippen LogP contribution is -2.60. The molecule has 0 aromatic heterocycles. The number of nitrogens with one attached hydrogen (secondary N) is 13. The van der Waals surface area contributed by atoms with E-state index in [2.05, 4.69) is 119 Å². The number of aliphatic imine (C=N–C) groups is 1. The summed E-state index contributed by atoms with van der Waals surface area (Å²) in [4.78, 5) is 207. The maximum absolute atomic E-state index is 13.8. The predicted octanol–water partition coefficient (Wildman–Crippen LogP) is -10.2. The number of amides is 13. The standard InChI is InChI=1S/C48H73N17O19S4/c1-22(49)39(76)62-29(19-86)46(83)61-27(12-37(72)73)44(81)65-30(20-87)45(82)59-24(8-5-9-52-48(50)51)40(77)57-16-35(69)58-26(11-36(70)71)43(80)64-31(21-88)47(84)60-25(10-23-6-3-2-4-7-23)42(79)63-28(18-85)41(78)56-15-34(68)54-13-32(66)53-14-33(67)55-17-38(74)75/h2-4,6-7,22,24-31,85-88H,5,8-21,49H2,1H3,(H,53,66)(H,54,68)(H,55,67)(H,56,78)(H,57,77)(H,58,69)(H,59,82)(H,60,84)(H,61,83)(H,62,76)(H,63,79)(H,64,80)(H,65,81)(H,70,71)(H,72,73)(H,74,75)(H4,50,51,52)/t22-,24-,25-,26-,27-,28-,29-,30-,31-/m0/s1. The Morgan fingerprint density at radius 3 is 1.18 bits per heavy atom. The molecule has 13 amide bonds. The van der Waals surface area contributed by atoms with Crippen molar-refractivity contribution in [3.63, 3.8) is 0 Å². The molecule has 488 valence electrons. The van der Waals surface area contributed by atoms with Crippen LogP contribution in [0.15, 0.2) is 35.3 Å². The smallest absolute Gasteiger partial charge is 0.322 e. The molecule has 0 aliphatic heterocycles. The number of carboxylic acids is 3. The van der Waals surface area contributed by atoms with E-state index in [1.165, 1.54) is 6.92 Å². The summed E-state index contributed by atoms with van der Waals surface area (Å²) in [5, 5.41) is 56.9. The van der Waals surface area contributed by atoms with E-state index in [1.807, 2.05) is 5.32 Å². The Bertz CT molecular complexity index is 2690. The van der Waals surface area contributed by atoms with Crippen LogP contribution in [-0.2, 0) is 83.1 Å². The van der Waals surface area contributed by atoms with Gasteiger partial charge in [-0.3, -0.25) is 81.7 Å². The number of nitrogens with two attached hydrogens (primary N) is 3. The summed E-state index contributed by atoms with van der Waals surface area (Å²) in [7, 11) is 0. The third-order valence-corrected chi connectivity index (χ3v) is 12.8. The number of carboxylic acid groups (broad SMARTS) is 3. The minimum atomic E-state index is -1.94. The first kappa shape index (κ1) is 77.4. The average Bonchev–Trinajstić information content (AvgIpc) is 3.58. The Kier molecular flexibility index (Phi) is 36.5. The summed E-state index contributed by atoms with van der Waals surface area (Å²) < 4.78 is 0. The summed E-state index contributed by atoms with van der Waals surface area (Å²) in [6.45, 7) is -2.37. The van der Waals surface area contributed by atoms with E-state index in [9.17, 15) is 86.9 Å². The van der Waals surface area contributed by atoms with Gasteiger partial charge in [-0.1, -0.05) is 30.3 Å². The zero-order chi connectivity index (χ0) is 66.6. The fourth-order valence-corrected chi connectivity index (χ4v) is 7.89. The lowest BCUT2D eigenvalue weighted by Gasteiger charge is -2.26. The van der Waals surface area contributed by atoms with Gasteiger partial charge in [0, 0.05) is 36.0 Å². The monoisotopic (exact) mass is 1320 g/mol. The molecule has 0 radical (unpaired) electrons. The Labute approximate surface area is 523 Å². The fraction of sp³-hybridized carbons (Fsp3) is 0.521. The zero-order valence-electron chi connectivity index (χ0n) is 47.0. The molecule has 0 saturated heterocycles. The van der Waals surface area contributed by atoms with Crippen LogP contribution in [0.2, 0.25) is 0 Å². The van der Waals surface area contributed by atoms with Crippen molar-refractivity contribution in [3.8, 4) is 0 Å². The van der Waals surface area contributed by atoms with Crippen molar-refractivity contribution in [1.82, 2.24) is 69.1 Å². The van der Waals surface area contributed by atoms with Crippen molar-refractivity contribution in [1.29, 1.82) is 0 Å². The first-order valence-electron chi connectivity index (χ1n) is 26.2. The van der Waals surface area contributed by atoms with Gasteiger partial charge in [0.2, 0.25) is 76.8 Å². The second-order valence-electron chi connectivity index (χ2n) is 18.6. The van der Waals surface area contributed by atoms with Crippen LogP contribution in [0.3, 0.4) is 0 Å². The zero-order valence-corrected chi connectivity index (χ0v) is 50.6. The number of thiol groups is 4. The Hall–Kier alpha value is -8.63. The number of carbonyl (C=O) groups is 16. The van der Waals surface area contributed by atoms with Crippen molar-refractivity contribution in [3.05, 3.63) is 35.9 Å². The van der Waals surface area contributed by atoms with E-state index in [4.69, 9.17) is 22.3 Å². The van der Waals surface area contributed by atoms with Crippen molar-refractivity contribution >= 4 is 151 Å². The molecule has 9 atom stereocenters. The SMILES string of the molecule is C[C@H](N)C(=O)N[C@@H](CS)C(=O)N[C@@H](CC(=O)O)C(=O)N[C@@H](CS)C(=O)N[C@@H](CCCN=C(N)N)C(=O)NCC(=O)N[C@@H](CC(=O)O)C(=O)N[C@@H](CS)C(=O)N[C@@H](Cc1ccccc1)C(=O)N[C@@H](CS)C(=O)NCC(=O)NCC(=O)NCC(=O)NCC(=O)O. The average molecular weight is 1320 g/mol. The first-order chi connectivity index (χ1) is 41.4. The van der Waals surface area contributed by atoms with E-state index in [0.29, 0.717) is 5.56 Å². The number of hydrogen-bond donors (Lipinski definition) is 23. The van der Waals surface area contributed by atoms with Gasteiger partial charge in [0.05, 0.1) is 45.1 Å². The van der Waals surface area contributed by atoms with Crippen LogP contribution in [0, 0.1) is 0 Å². The number of aliphatic carboxylic acids is 3. The summed E-state index contributed by atoms with van der Waals surface area (Å²) >= 11 is 16.3. The maximum atomic E-state index is 13.8. The molecular formula is C48H73N17O19S4. The van der Waals surface area contributed by atoms with Gasteiger partial charge in [-0.15, -0.1) is 0 Å². The summed E-state index contributed by atoms with van der Waals surface area (Å²) in [6, 6.07) is -5.87. The number of carbonyl (C=O) groups excluding carboxylic acids is 13. The lowest BCUT2D eigenvalue weighted by atomic mass is 10.0. The van der Waals surface area contributed by atoms with Gasteiger partial charge in [-0.25, -0.2) is 0 Å². The highest BCUT2D eigenvalue weighted by Gasteiger charge is 2.35. The molecule has 1 aromatic rings. The molecule has 0 spiro atoms. The molecule has 1 rings (SSSR count). The number of hydrogen-bond acceptors (Lipinski definition) is 22. The first-order valence-corrected chi connectivity index (χ1v) is 28.7. The number of benzene rings is 1. The second-order valence-corrected chi connectivity index (χ2v) is 20.0. The van der Waals surface area contributed by atoms with Crippen LogP contribution < -0.4 is 86.3 Å². The summed E-state index contributed by atoms with van der Waals surface area (Å²) in [5.74, 6) is -19.6. The largest absolute Gasteiger partial charge is 0.481 e. The molecule has 0 fully saturated rings. The highest BCUT2D eigenvalue weighted by molar-refractivity contribution is 7.80. The van der Waals surface area contributed by atoms with Crippen LogP contribution in [0.4, 0.5) is 0 Å². The molecule has 88 heavy (non-hydrogen) atoms. The quantitative estimate of drug-likeness (QED) is 0.0125. The molecule has 0 bridgehead atoms. The van der Waals surface area contributed by atoms with Crippen molar-refractivity contribution < 1.29 is 92.0 Å². The molecule has 0 saturated carbocycles. The molecule has 0 heterocycles. The van der Waals surface area contributed by atoms with E-state index in [1.54, 1.807) is 30.3 Å². The van der Waals surface area contributed by atoms with E-state index < -0.39 is 206 Å².